The van der Waals surface area contributed by atoms with E-state index in [9.17, 15) is 4.39 Å². The molecule has 0 radical (unpaired) electrons. The molecule has 0 bridgehead atoms. The van der Waals surface area contributed by atoms with Gasteiger partial charge in [0.1, 0.15) is 11.3 Å². The van der Waals surface area contributed by atoms with Gasteiger partial charge in [0.15, 0.2) is 5.76 Å². The zero-order valence-electron chi connectivity index (χ0n) is 8.66. The summed E-state index contributed by atoms with van der Waals surface area (Å²) in [5.74, 6) is 0.419. The van der Waals surface area contributed by atoms with Crippen molar-refractivity contribution in [2.75, 3.05) is 13.1 Å². The molecule has 16 heavy (non-hydrogen) atoms. The second-order valence-electron chi connectivity index (χ2n) is 3.87. The molecule has 3 nitrogen and oxygen atoms in total. The van der Waals surface area contributed by atoms with Crippen molar-refractivity contribution in [2.45, 2.75) is 6.42 Å². The van der Waals surface area contributed by atoms with Crippen LogP contribution in [0.2, 0.25) is 0 Å². The lowest BCUT2D eigenvalue weighted by molar-refractivity contribution is 0.416. The van der Waals surface area contributed by atoms with Gasteiger partial charge in [-0.25, -0.2) is 4.39 Å². The van der Waals surface area contributed by atoms with E-state index in [-0.39, 0.29) is 5.82 Å². The van der Waals surface area contributed by atoms with Crippen LogP contribution in [0, 0.1) is 5.82 Å². The third kappa shape index (κ3) is 1.51. The first-order valence-corrected chi connectivity index (χ1v) is 5.29. The molecule has 0 saturated heterocycles. The Morgan fingerprint density at radius 1 is 1.38 bits per heavy atom. The van der Waals surface area contributed by atoms with Crippen LogP contribution in [0.5, 0.6) is 0 Å². The number of fused-ring (bicyclic) bond motifs is 1. The highest BCUT2D eigenvalue weighted by Gasteiger charge is 2.15. The number of benzene rings is 1. The summed E-state index contributed by atoms with van der Waals surface area (Å²) in [6.45, 7) is 1.73. The van der Waals surface area contributed by atoms with Crippen molar-refractivity contribution in [3.8, 4) is 0 Å². The Hall–Kier alpha value is -1.68. The van der Waals surface area contributed by atoms with Crippen molar-refractivity contribution in [3.05, 3.63) is 35.9 Å². The smallest absolute Gasteiger partial charge is 0.171 e. The van der Waals surface area contributed by atoms with Crippen LogP contribution < -0.4 is 5.32 Å². The molecule has 0 aliphatic carbocycles. The van der Waals surface area contributed by atoms with Crippen molar-refractivity contribution >= 4 is 16.5 Å². The normalized spacial score (nSPS) is 16.4. The van der Waals surface area contributed by atoms with Gasteiger partial charge >= 0.3 is 0 Å². The predicted octanol–water partition coefficient (Wildman–Crippen LogP) is 2.34. The molecule has 4 heteroatoms. The Labute approximate surface area is 91.9 Å². The summed E-state index contributed by atoms with van der Waals surface area (Å²) < 4.78 is 18.4. The minimum atomic E-state index is -0.263. The highest BCUT2D eigenvalue weighted by Crippen LogP contribution is 2.26. The van der Waals surface area contributed by atoms with Gasteiger partial charge in [-0.3, -0.25) is 0 Å². The summed E-state index contributed by atoms with van der Waals surface area (Å²) in [6.07, 6.45) is 3.08. The molecule has 1 aromatic carbocycles. The van der Waals surface area contributed by atoms with E-state index in [2.05, 4.69) is 16.5 Å². The van der Waals surface area contributed by atoms with Crippen molar-refractivity contribution in [2.24, 2.45) is 0 Å². The van der Waals surface area contributed by atoms with Crippen LogP contribution in [0.4, 0.5) is 4.39 Å². The van der Waals surface area contributed by atoms with E-state index >= 15 is 0 Å². The Balaban J connectivity index is 2.16. The summed E-state index contributed by atoms with van der Waals surface area (Å²) >= 11 is 0. The van der Waals surface area contributed by atoms with E-state index in [0.717, 1.165) is 30.5 Å². The van der Waals surface area contributed by atoms with Gasteiger partial charge in [0.05, 0.1) is 5.39 Å². The largest absolute Gasteiger partial charge is 0.355 e. The topological polar surface area (TPSA) is 38.1 Å². The molecule has 1 aliphatic rings. The lowest BCUT2D eigenvalue weighted by Crippen LogP contribution is -2.21. The molecular formula is C12H11FN2O. The number of hydrogen-bond donors (Lipinski definition) is 1. The lowest BCUT2D eigenvalue weighted by atomic mass is 10.1. The van der Waals surface area contributed by atoms with Gasteiger partial charge in [-0.2, -0.15) is 0 Å². The number of rotatable bonds is 1. The molecule has 82 valence electrons. The molecule has 0 unspecified atom stereocenters. The van der Waals surface area contributed by atoms with Crippen LogP contribution in [-0.4, -0.2) is 18.2 Å². The Morgan fingerprint density at radius 3 is 3.12 bits per heavy atom. The van der Waals surface area contributed by atoms with E-state index in [1.54, 1.807) is 6.07 Å². The average Bonchev–Trinajstić information content (AvgIpc) is 2.73. The summed E-state index contributed by atoms with van der Waals surface area (Å²) in [4.78, 5) is 0. The summed E-state index contributed by atoms with van der Waals surface area (Å²) in [5.41, 5.74) is 1.75. The second kappa shape index (κ2) is 3.72. The summed E-state index contributed by atoms with van der Waals surface area (Å²) in [7, 11) is 0. The number of halogens is 1. The minimum absolute atomic E-state index is 0.263. The van der Waals surface area contributed by atoms with Crippen molar-refractivity contribution in [1.82, 2.24) is 10.5 Å². The third-order valence-corrected chi connectivity index (χ3v) is 2.76. The molecule has 1 aliphatic heterocycles. The van der Waals surface area contributed by atoms with Gasteiger partial charge in [-0.05, 0) is 31.2 Å². The second-order valence-corrected chi connectivity index (χ2v) is 3.87. The van der Waals surface area contributed by atoms with Crippen molar-refractivity contribution in [3.63, 3.8) is 0 Å². The fourth-order valence-corrected chi connectivity index (χ4v) is 1.96. The zero-order chi connectivity index (χ0) is 11.0. The Bertz CT molecular complexity index is 559. The number of hydrogen-bond acceptors (Lipinski definition) is 3. The van der Waals surface area contributed by atoms with Crippen molar-refractivity contribution < 1.29 is 8.91 Å². The van der Waals surface area contributed by atoms with Gasteiger partial charge < -0.3 is 9.84 Å². The maximum absolute atomic E-state index is 13.2. The quantitative estimate of drug-likeness (QED) is 0.798. The first kappa shape index (κ1) is 9.54. The van der Waals surface area contributed by atoms with Gasteiger partial charge in [0.2, 0.25) is 0 Å². The summed E-state index contributed by atoms with van der Waals surface area (Å²) in [5, 5.41) is 7.92. The first-order valence-electron chi connectivity index (χ1n) is 5.29. The molecule has 0 amide bonds. The van der Waals surface area contributed by atoms with E-state index in [1.807, 2.05) is 0 Å². The molecule has 2 aromatic rings. The Kier molecular flexibility index (Phi) is 2.22. The highest BCUT2D eigenvalue weighted by molar-refractivity contribution is 5.89. The number of aromatic nitrogens is 1. The van der Waals surface area contributed by atoms with E-state index in [1.165, 1.54) is 12.1 Å². The van der Waals surface area contributed by atoms with Crippen LogP contribution in [0.3, 0.4) is 0 Å². The first-order chi connectivity index (χ1) is 7.84. The molecule has 0 fully saturated rings. The van der Waals surface area contributed by atoms with E-state index in [0.29, 0.717) is 11.3 Å². The molecular weight excluding hydrogens is 207 g/mol. The fraction of sp³-hybridized carbons (Fsp3) is 0.250. The molecule has 3 rings (SSSR count). The molecule has 0 atom stereocenters. The lowest BCUT2D eigenvalue weighted by Gasteiger charge is -2.11. The number of nitrogens with zero attached hydrogens (tertiary/aromatic N) is 1. The SMILES string of the molecule is Fc1ccc2noc(C3=CCCNC3)c2c1. The maximum Gasteiger partial charge on any atom is 0.171 e. The summed E-state index contributed by atoms with van der Waals surface area (Å²) in [6, 6.07) is 4.49. The molecule has 2 heterocycles. The molecule has 0 saturated carbocycles. The molecule has 0 spiro atoms. The van der Waals surface area contributed by atoms with Crippen LogP contribution in [0.25, 0.3) is 16.5 Å². The average molecular weight is 218 g/mol. The van der Waals surface area contributed by atoms with Crippen molar-refractivity contribution in [1.29, 1.82) is 0 Å². The van der Waals surface area contributed by atoms with Crippen LogP contribution in [0.1, 0.15) is 12.2 Å². The van der Waals surface area contributed by atoms with Gasteiger partial charge in [0.25, 0.3) is 0 Å². The minimum Gasteiger partial charge on any atom is -0.355 e. The third-order valence-electron chi connectivity index (χ3n) is 2.76. The van der Waals surface area contributed by atoms with Gasteiger partial charge in [-0.1, -0.05) is 11.2 Å². The van der Waals surface area contributed by atoms with Gasteiger partial charge in [0, 0.05) is 12.1 Å². The van der Waals surface area contributed by atoms with Crippen LogP contribution >= 0.6 is 0 Å². The highest BCUT2D eigenvalue weighted by atomic mass is 19.1. The van der Waals surface area contributed by atoms with Crippen LogP contribution in [0.15, 0.2) is 28.8 Å². The monoisotopic (exact) mass is 218 g/mol. The van der Waals surface area contributed by atoms with Gasteiger partial charge in [-0.15, -0.1) is 0 Å². The van der Waals surface area contributed by atoms with E-state index < -0.39 is 0 Å². The maximum atomic E-state index is 13.2. The number of nitrogens with one attached hydrogen (secondary N) is 1. The fourth-order valence-electron chi connectivity index (χ4n) is 1.96. The zero-order valence-corrected chi connectivity index (χ0v) is 8.66. The molecule has 1 aromatic heterocycles. The molecule has 1 N–H and O–H groups in total. The Morgan fingerprint density at radius 2 is 2.31 bits per heavy atom. The van der Waals surface area contributed by atoms with Crippen LogP contribution in [-0.2, 0) is 0 Å². The van der Waals surface area contributed by atoms with E-state index in [4.69, 9.17) is 4.52 Å². The predicted molar refractivity (Wildman–Crippen MR) is 59.4 cm³/mol. The standard InChI is InChI=1S/C12H11FN2O/c13-9-3-4-11-10(6-9)12(16-15-11)8-2-1-5-14-7-8/h2-4,6,14H,1,5,7H2.